The van der Waals surface area contributed by atoms with E-state index >= 15 is 0 Å². The molecule has 4 rings (SSSR count). The number of benzene rings is 2. The summed E-state index contributed by atoms with van der Waals surface area (Å²) >= 11 is 0. The van der Waals surface area contributed by atoms with E-state index in [1.54, 1.807) is 19.1 Å². The van der Waals surface area contributed by atoms with Crippen LogP contribution >= 0.6 is 0 Å². The predicted molar refractivity (Wildman–Crippen MR) is 133 cm³/mol. The SMILES string of the molecule is CCOC(=O)C1C=C(C)c2c(ccc3cccc(CCCNC(=O)C4CCCCC4)c23)S1(=O)=O. The van der Waals surface area contributed by atoms with Gasteiger partial charge in [0.05, 0.1) is 11.5 Å². The Morgan fingerprint density at radius 1 is 1.09 bits per heavy atom. The summed E-state index contributed by atoms with van der Waals surface area (Å²) in [5.74, 6) is -0.442. The summed E-state index contributed by atoms with van der Waals surface area (Å²) in [6, 6.07) is 9.37. The number of carbonyl (C=O) groups excluding carboxylic acids is 2. The van der Waals surface area contributed by atoms with E-state index in [1.165, 1.54) is 12.5 Å². The average molecular weight is 484 g/mol. The van der Waals surface area contributed by atoms with Gasteiger partial charge in [-0.3, -0.25) is 9.59 Å². The van der Waals surface area contributed by atoms with Crippen molar-refractivity contribution in [1.82, 2.24) is 5.32 Å². The molecule has 182 valence electrons. The molecule has 0 spiro atoms. The first-order valence-electron chi connectivity index (χ1n) is 12.3. The molecule has 34 heavy (non-hydrogen) atoms. The van der Waals surface area contributed by atoms with Crippen molar-refractivity contribution >= 4 is 38.1 Å². The number of sulfone groups is 1. The van der Waals surface area contributed by atoms with Crippen molar-refractivity contribution in [2.45, 2.75) is 68.9 Å². The fourth-order valence-electron chi connectivity index (χ4n) is 5.23. The Labute approximate surface area is 201 Å². The number of hydrogen-bond acceptors (Lipinski definition) is 5. The maximum absolute atomic E-state index is 13.3. The molecule has 1 fully saturated rings. The molecular weight excluding hydrogens is 450 g/mol. The van der Waals surface area contributed by atoms with Gasteiger partial charge in [-0.25, -0.2) is 8.42 Å². The number of ether oxygens (including phenoxy) is 1. The van der Waals surface area contributed by atoms with Crippen LogP contribution in [-0.2, 0) is 30.6 Å². The summed E-state index contributed by atoms with van der Waals surface area (Å²) in [7, 11) is -3.90. The Kier molecular flexibility index (Phi) is 7.41. The molecule has 1 aliphatic heterocycles. The molecule has 0 saturated heterocycles. The van der Waals surface area contributed by atoms with E-state index < -0.39 is 21.1 Å². The number of nitrogens with one attached hydrogen (secondary N) is 1. The highest BCUT2D eigenvalue weighted by molar-refractivity contribution is 7.93. The Morgan fingerprint density at radius 3 is 2.59 bits per heavy atom. The molecule has 0 bridgehead atoms. The molecule has 2 aliphatic rings. The molecule has 1 amide bonds. The molecule has 1 unspecified atom stereocenters. The van der Waals surface area contributed by atoms with Crippen LogP contribution in [-0.4, -0.2) is 38.7 Å². The molecule has 0 radical (unpaired) electrons. The summed E-state index contributed by atoms with van der Waals surface area (Å²) in [5, 5.41) is 3.63. The van der Waals surface area contributed by atoms with Crippen LogP contribution in [0.3, 0.4) is 0 Å². The van der Waals surface area contributed by atoms with E-state index in [9.17, 15) is 18.0 Å². The van der Waals surface area contributed by atoms with Crippen molar-refractivity contribution in [3.8, 4) is 0 Å². The van der Waals surface area contributed by atoms with Gasteiger partial charge in [0.1, 0.15) is 0 Å². The largest absolute Gasteiger partial charge is 0.465 e. The van der Waals surface area contributed by atoms with E-state index in [4.69, 9.17) is 4.74 Å². The van der Waals surface area contributed by atoms with Crippen LogP contribution in [0.4, 0.5) is 0 Å². The number of rotatable bonds is 7. The first kappa shape index (κ1) is 24.5. The zero-order valence-corrected chi connectivity index (χ0v) is 20.7. The summed E-state index contributed by atoms with van der Waals surface area (Å²) in [5.41, 5.74) is 2.46. The smallest absolute Gasteiger partial charge is 0.328 e. The second-order valence-corrected chi connectivity index (χ2v) is 11.3. The third kappa shape index (κ3) is 4.76. The summed E-state index contributed by atoms with van der Waals surface area (Å²) in [6.07, 6.45) is 8.44. The lowest BCUT2D eigenvalue weighted by atomic mass is 9.88. The number of allylic oxidation sites excluding steroid dienone is 1. The fourth-order valence-corrected chi connectivity index (χ4v) is 7.01. The minimum Gasteiger partial charge on any atom is -0.465 e. The van der Waals surface area contributed by atoms with Crippen LogP contribution in [0.1, 0.15) is 63.5 Å². The zero-order valence-electron chi connectivity index (χ0n) is 19.9. The normalized spacial score (nSPS) is 19.8. The summed E-state index contributed by atoms with van der Waals surface area (Å²) in [6.45, 7) is 4.23. The molecule has 0 aromatic heterocycles. The lowest BCUT2D eigenvalue weighted by Gasteiger charge is -2.24. The average Bonchev–Trinajstić information content (AvgIpc) is 2.84. The van der Waals surface area contributed by atoms with E-state index in [0.717, 1.165) is 54.0 Å². The Morgan fingerprint density at radius 2 is 1.85 bits per heavy atom. The lowest BCUT2D eigenvalue weighted by Crippen LogP contribution is -2.33. The van der Waals surface area contributed by atoms with Crippen molar-refractivity contribution in [3.05, 3.63) is 47.5 Å². The van der Waals surface area contributed by atoms with Crippen LogP contribution < -0.4 is 5.32 Å². The second kappa shape index (κ2) is 10.3. The fraction of sp³-hybridized carbons (Fsp3) is 0.481. The van der Waals surface area contributed by atoms with Crippen molar-refractivity contribution in [3.63, 3.8) is 0 Å². The van der Waals surface area contributed by atoms with E-state index in [0.29, 0.717) is 18.5 Å². The highest BCUT2D eigenvalue weighted by Crippen LogP contribution is 2.39. The number of amides is 1. The quantitative estimate of drug-likeness (QED) is 0.460. The lowest BCUT2D eigenvalue weighted by molar-refractivity contribution is -0.141. The summed E-state index contributed by atoms with van der Waals surface area (Å²) < 4.78 is 31.7. The molecular formula is C27H33NO5S. The highest BCUT2D eigenvalue weighted by atomic mass is 32.2. The van der Waals surface area contributed by atoms with E-state index in [-0.39, 0.29) is 23.3 Å². The summed E-state index contributed by atoms with van der Waals surface area (Å²) in [4.78, 5) is 25.0. The molecule has 1 atom stereocenters. The zero-order chi connectivity index (χ0) is 24.3. The van der Waals surface area contributed by atoms with Gasteiger partial charge in [0.25, 0.3) is 0 Å². The third-order valence-corrected chi connectivity index (χ3v) is 8.90. The molecule has 1 saturated carbocycles. The predicted octanol–water partition coefficient (Wildman–Crippen LogP) is 4.59. The van der Waals surface area contributed by atoms with Crippen LogP contribution in [0, 0.1) is 5.92 Å². The third-order valence-electron chi connectivity index (χ3n) is 6.95. The van der Waals surface area contributed by atoms with Gasteiger partial charge in [0.2, 0.25) is 5.91 Å². The van der Waals surface area contributed by atoms with Gasteiger partial charge >= 0.3 is 5.97 Å². The Balaban J connectivity index is 1.58. The van der Waals surface area contributed by atoms with Crippen molar-refractivity contribution in [2.24, 2.45) is 5.92 Å². The number of carbonyl (C=O) groups is 2. The van der Waals surface area contributed by atoms with Crippen LogP contribution in [0.25, 0.3) is 16.3 Å². The molecule has 1 aliphatic carbocycles. The number of aryl methyl sites for hydroxylation is 1. The van der Waals surface area contributed by atoms with Crippen LogP contribution in [0.2, 0.25) is 0 Å². The van der Waals surface area contributed by atoms with Gasteiger partial charge in [0.15, 0.2) is 15.1 Å². The van der Waals surface area contributed by atoms with Crippen molar-refractivity contribution in [1.29, 1.82) is 0 Å². The highest BCUT2D eigenvalue weighted by Gasteiger charge is 2.39. The molecule has 2 aromatic carbocycles. The maximum atomic E-state index is 13.3. The van der Waals surface area contributed by atoms with Crippen molar-refractivity contribution < 1.29 is 22.7 Å². The van der Waals surface area contributed by atoms with Crippen LogP contribution in [0.15, 0.2) is 41.3 Å². The number of hydrogen-bond donors (Lipinski definition) is 1. The maximum Gasteiger partial charge on any atom is 0.328 e. The van der Waals surface area contributed by atoms with Crippen molar-refractivity contribution in [2.75, 3.05) is 13.2 Å². The number of esters is 1. The van der Waals surface area contributed by atoms with Gasteiger partial charge in [0, 0.05) is 18.0 Å². The van der Waals surface area contributed by atoms with Gasteiger partial charge in [-0.1, -0.05) is 49.6 Å². The molecule has 2 aromatic rings. The molecule has 1 N–H and O–H groups in total. The van der Waals surface area contributed by atoms with Gasteiger partial charge < -0.3 is 10.1 Å². The monoisotopic (exact) mass is 483 g/mol. The Hall–Kier alpha value is -2.67. The van der Waals surface area contributed by atoms with Crippen LogP contribution in [0.5, 0.6) is 0 Å². The molecule has 6 nitrogen and oxygen atoms in total. The standard InChI is InChI=1S/C27H33NO5S/c1-3-33-27(30)23-17-18(2)24-22(34(23,31)32)15-14-20-12-7-11-19(25(20)24)13-8-16-28-26(29)21-9-5-4-6-10-21/h7,11-12,14-15,17,21,23H,3-6,8-10,13,16H2,1-2H3,(H,28,29). The topological polar surface area (TPSA) is 89.5 Å². The van der Waals surface area contributed by atoms with Gasteiger partial charge in [-0.2, -0.15) is 0 Å². The first-order chi connectivity index (χ1) is 16.3. The van der Waals surface area contributed by atoms with E-state index in [2.05, 4.69) is 5.32 Å². The van der Waals surface area contributed by atoms with Gasteiger partial charge in [-0.15, -0.1) is 0 Å². The molecule has 7 heteroatoms. The Bertz CT molecular complexity index is 1230. The van der Waals surface area contributed by atoms with E-state index in [1.807, 2.05) is 25.1 Å². The first-order valence-corrected chi connectivity index (χ1v) is 13.8. The second-order valence-electron chi connectivity index (χ2n) is 9.25. The van der Waals surface area contributed by atoms with Gasteiger partial charge in [-0.05, 0) is 67.5 Å². The minimum atomic E-state index is -3.90. The number of fused-ring (bicyclic) bond motifs is 3. The molecule has 1 heterocycles. The minimum absolute atomic E-state index is 0.129.